The van der Waals surface area contributed by atoms with Crippen molar-refractivity contribution in [2.75, 3.05) is 7.11 Å². The van der Waals surface area contributed by atoms with E-state index in [1.54, 1.807) is 0 Å². The first-order valence-electron chi connectivity index (χ1n) is 6.03. The molecule has 0 amide bonds. The summed E-state index contributed by atoms with van der Waals surface area (Å²) >= 11 is 0. The van der Waals surface area contributed by atoms with Gasteiger partial charge in [0.15, 0.2) is 0 Å². The topological polar surface area (TPSA) is 46.5 Å². The monoisotopic (exact) mass is 224 g/mol. The van der Waals surface area contributed by atoms with Gasteiger partial charge in [-0.05, 0) is 31.6 Å². The fourth-order valence-corrected chi connectivity index (χ4v) is 3.60. The Balaban J connectivity index is 2.34. The number of aliphatic hydroxyl groups excluding tert-OH is 1. The number of hydrogen-bond donors (Lipinski definition) is 1. The molecule has 1 spiro atoms. The van der Waals surface area contributed by atoms with Gasteiger partial charge in [-0.3, -0.25) is 4.79 Å². The average molecular weight is 224 g/mol. The van der Waals surface area contributed by atoms with Crippen molar-refractivity contribution < 1.29 is 14.6 Å². The van der Waals surface area contributed by atoms with Crippen LogP contribution < -0.4 is 0 Å². The fraction of sp³-hybridized carbons (Fsp3) is 0.769. The highest BCUT2D eigenvalue weighted by molar-refractivity contribution is 5.77. The minimum Gasteiger partial charge on any atom is -0.469 e. The number of methoxy groups -OCH3 is 1. The largest absolute Gasteiger partial charge is 0.469 e. The van der Waals surface area contributed by atoms with Crippen molar-refractivity contribution in [3.05, 3.63) is 11.6 Å². The third-order valence-corrected chi connectivity index (χ3v) is 4.17. The number of ether oxygens (including phenoxy) is 1. The molecule has 0 heterocycles. The summed E-state index contributed by atoms with van der Waals surface area (Å²) in [6, 6.07) is 0. The summed E-state index contributed by atoms with van der Waals surface area (Å²) in [5.41, 5.74) is 0.943. The van der Waals surface area contributed by atoms with Crippen molar-refractivity contribution in [2.45, 2.75) is 45.1 Å². The lowest BCUT2D eigenvalue weighted by atomic mass is 9.64. The van der Waals surface area contributed by atoms with Crippen LogP contribution in [0.25, 0.3) is 0 Å². The van der Waals surface area contributed by atoms with Crippen molar-refractivity contribution in [3.8, 4) is 0 Å². The molecule has 2 unspecified atom stereocenters. The van der Waals surface area contributed by atoms with Crippen LogP contribution in [0.15, 0.2) is 11.6 Å². The first kappa shape index (κ1) is 11.6. The molecule has 2 atom stereocenters. The second-order valence-corrected chi connectivity index (χ2v) is 5.21. The molecule has 0 aromatic heterocycles. The summed E-state index contributed by atoms with van der Waals surface area (Å²) < 4.78 is 4.92. The van der Waals surface area contributed by atoms with Crippen LogP contribution in [-0.2, 0) is 9.53 Å². The van der Waals surface area contributed by atoms with Crippen molar-refractivity contribution in [1.29, 1.82) is 0 Å². The smallest absolute Gasteiger partial charge is 0.313 e. The molecule has 2 aliphatic rings. The Morgan fingerprint density at radius 3 is 2.69 bits per heavy atom. The Bertz CT molecular complexity index is 313. The van der Waals surface area contributed by atoms with Crippen molar-refractivity contribution >= 4 is 5.97 Å². The standard InChI is InChI=1S/C13H20O3/c1-9-7-10(14)8-13(5-3-4-6-13)11(9)12(15)16-2/h7,10-11,14H,3-6,8H2,1-2H3. The van der Waals surface area contributed by atoms with E-state index in [1.165, 1.54) is 7.11 Å². The molecule has 0 aromatic carbocycles. The maximum Gasteiger partial charge on any atom is 0.313 e. The molecule has 0 aliphatic heterocycles. The fourth-order valence-electron chi connectivity index (χ4n) is 3.60. The Morgan fingerprint density at radius 2 is 2.12 bits per heavy atom. The summed E-state index contributed by atoms with van der Waals surface area (Å²) in [5.74, 6) is -0.272. The van der Waals surface area contributed by atoms with E-state index in [1.807, 2.05) is 13.0 Å². The van der Waals surface area contributed by atoms with Gasteiger partial charge < -0.3 is 9.84 Å². The van der Waals surface area contributed by atoms with Crippen LogP contribution in [-0.4, -0.2) is 24.3 Å². The third-order valence-electron chi connectivity index (χ3n) is 4.17. The second kappa shape index (κ2) is 4.21. The molecule has 3 heteroatoms. The lowest BCUT2D eigenvalue weighted by molar-refractivity contribution is -0.149. The van der Waals surface area contributed by atoms with E-state index in [2.05, 4.69) is 0 Å². The van der Waals surface area contributed by atoms with Crippen LogP contribution in [0.3, 0.4) is 0 Å². The van der Waals surface area contributed by atoms with Crippen LogP contribution in [0.4, 0.5) is 0 Å². The molecular formula is C13H20O3. The number of esters is 1. The third kappa shape index (κ3) is 1.77. The van der Waals surface area contributed by atoms with Gasteiger partial charge in [-0.15, -0.1) is 0 Å². The maximum absolute atomic E-state index is 11.9. The summed E-state index contributed by atoms with van der Waals surface area (Å²) in [4.78, 5) is 11.9. The molecule has 16 heavy (non-hydrogen) atoms. The second-order valence-electron chi connectivity index (χ2n) is 5.21. The molecule has 3 nitrogen and oxygen atoms in total. The van der Waals surface area contributed by atoms with Crippen molar-refractivity contribution in [1.82, 2.24) is 0 Å². The highest BCUT2D eigenvalue weighted by atomic mass is 16.5. The van der Waals surface area contributed by atoms with E-state index in [9.17, 15) is 9.90 Å². The summed E-state index contributed by atoms with van der Waals surface area (Å²) in [7, 11) is 1.45. The first-order valence-corrected chi connectivity index (χ1v) is 6.03. The number of carbonyl (C=O) groups is 1. The molecule has 1 fully saturated rings. The van der Waals surface area contributed by atoms with Gasteiger partial charge in [0.1, 0.15) is 0 Å². The zero-order chi connectivity index (χ0) is 11.8. The molecule has 2 rings (SSSR count). The van der Waals surface area contributed by atoms with Gasteiger partial charge in [-0.1, -0.05) is 24.5 Å². The molecule has 2 aliphatic carbocycles. The normalized spacial score (nSPS) is 32.6. The molecule has 1 saturated carbocycles. The van der Waals surface area contributed by atoms with E-state index >= 15 is 0 Å². The molecule has 0 radical (unpaired) electrons. The zero-order valence-electron chi connectivity index (χ0n) is 10.0. The van der Waals surface area contributed by atoms with Gasteiger partial charge >= 0.3 is 5.97 Å². The Morgan fingerprint density at radius 1 is 1.50 bits per heavy atom. The molecule has 1 N–H and O–H groups in total. The number of aliphatic hydroxyl groups is 1. The Labute approximate surface area is 96.5 Å². The number of carbonyl (C=O) groups excluding carboxylic acids is 1. The summed E-state index contributed by atoms with van der Waals surface area (Å²) in [6.07, 6.45) is 6.53. The minimum absolute atomic E-state index is 0.0364. The number of rotatable bonds is 1. The van der Waals surface area contributed by atoms with Crippen molar-refractivity contribution in [2.24, 2.45) is 11.3 Å². The summed E-state index contributed by atoms with van der Waals surface area (Å²) in [5, 5.41) is 9.85. The van der Waals surface area contributed by atoms with E-state index in [0.29, 0.717) is 6.42 Å². The van der Waals surface area contributed by atoms with E-state index in [4.69, 9.17) is 4.74 Å². The van der Waals surface area contributed by atoms with Gasteiger partial charge in [0.2, 0.25) is 0 Å². The van der Waals surface area contributed by atoms with E-state index < -0.39 is 0 Å². The molecule has 0 saturated heterocycles. The predicted octanol–water partition coefficient (Wildman–Crippen LogP) is 2.05. The Hall–Kier alpha value is -0.830. The van der Waals surface area contributed by atoms with Crippen molar-refractivity contribution in [3.63, 3.8) is 0 Å². The van der Waals surface area contributed by atoms with E-state index in [0.717, 1.165) is 31.3 Å². The van der Waals surface area contributed by atoms with Gasteiger partial charge in [0, 0.05) is 0 Å². The SMILES string of the molecule is COC(=O)C1C(C)=CC(O)CC12CCCC2. The highest BCUT2D eigenvalue weighted by Crippen LogP contribution is 2.52. The van der Waals surface area contributed by atoms with Crippen LogP contribution >= 0.6 is 0 Å². The predicted molar refractivity (Wildman–Crippen MR) is 60.8 cm³/mol. The highest BCUT2D eigenvalue weighted by Gasteiger charge is 2.49. The van der Waals surface area contributed by atoms with Crippen LogP contribution in [0.5, 0.6) is 0 Å². The average Bonchev–Trinajstić information content (AvgIpc) is 2.65. The molecular weight excluding hydrogens is 204 g/mol. The van der Waals surface area contributed by atoms with Gasteiger partial charge in [0.25, 0.3) is 0 Å². The van der Waals surface area contributed by atoms with Crippen LogP contribution in [0, 0.1) is 11.3 Å². The van der Waals surface area contributed by atoms with Crippen LogP contribution in [0.2, 0.25) is 0 Å². The van der Waals surface area contributed by atoms with Crippen LogP contribution in [0.1, 0.15) is 39.0 Å². The lowest BCUT2D eigenvalue weighted by Crippen LogP contribution is -2.41. The van der Waals surface area contributed by atoms with Gasteiger partial charge in [0.05, 0.1) is 19.1 Å². The number of hydrogen-bond acceptors (Lipinski definition) is 3. The zero-order valence-corrected chi connectivity index (χ0v) is 10.0. The van der Waals surface area contributed by atoms with Gasteiger partial charge in [-0.25, -0.2) is 0 Å². The lowest BCUT2D eigenvalue weighted by Gasteiger charge is -2.41. The molecule has 0 bridgehead atoms. The first-order chi connectivity index (χ1) is 7.59. The summed E-state index contributed by atoms with van der Waals surface area (Å²) in [6.45, 7) is 1.93. The van der Waals surface area contributed by atoms with E-state index in [-0.39, 0.29) is 23.4 Å². The minimum atomic E-state index is -0.390. The molecule has 0 aromatic rings. The Kier molecular flexibility index (Phi) is 3.06. The van der Waals surface area contributed by atoms with Gasteiger partial charge in [-0.2, -0.15) is 0 Å². The quantitative estimate of drug-likeness (QED) is 0.547. The molecule has 90 valence electrons. The maximum atomic E-state index is 11.9.